The second-order valence-corrected chi connectivity index (χ2v) is 4.38. The number of anilines is 1. The molecule has 0 bridgehead atoms. The first kappa shape index (κ1) is 13.2. The highest BCUT2D eigenvalue weighted by molar-refractivity contribution is 5.45. The van der Waals surface area contributed by atoms with Gasteiger partial charge in [0.25, 0.3) is 0 Å². The Morgan fingerprint density at radius 2 is 2.05 bits per heavy atom. The van der Waals surface area contributed by atoms with E-state index < -0.39 is 0 Å². The normalized spacial score (nSPS) is 10.1. The Balaban J connectivity index is 1.89. The maximum absolute atomic E-state index is 8.75. The molecule has 98 valence electrons. The molecule has 0 atom stereocenters. The molecule has 0 amide bonds. The topological polar surface area (TPSA) is 44.9 Å². The summed E-state index contributed by atoms with van der Waals surface area (Å²) in [6.07, 6.45) is 7.20. The molecule has 2 rings (SSSR count). The standard InChI is InChI=1S/C15H18N4/c16-8-4-11-19(15-6-2-1-3-7-15)12-5-10-18-13-9-17-14-18/h1-3,6-7,9,13-14H,4-5,10-12H2. The van der Waals surface area contributed by atoms with Crippen LogP contribution in [0.3, 0.4) is 0 Å². The van der Waals surface area contributed by atoms with Crippen LogP contribution in [0.15, 0.2) is 49.1 Å². The van der Waals surface area contributed by atoms with Crippen molar-refractivity contribution in [3.63, 3.8) is 0 Å². The molecule has 0 radical (unpaired) electrons. The smallest absolute Gasteiger partial charge is 0.0945 e. The van der Waals surface area contributed by atoms with E-state index in [1.54, 1.807) is 6.20 Å². The molecule has 2 aromatic rings. The minimum atomic E-state index is 0.556. The molecule has 1 aromatic heterocycles. The van der Waals surface area contributed by atoms with Crippen LogP contribution < -0.4 is 4.90 Å². The van der Waals surface area contributed by atoms with Gasteiger partial charge in [-0.2, -0.15) is 5.26 Å². The molecule has 0 unspecified atom stereocenters. The Kier molecular flexibility index (Phi) is 5.00. The van der Waals surface area contributed by atoms with E-state index in [0.29, 0.717) is 6.42 Å². The molecule has 0 fully saturated rings. The first-order chi connectivity index (χ1) is 9.40. The first-order valence-electron chi connectivity index (χ1n) is 6.53. The van der Waals surface area contributed by atoms with E-state index in [-0.39, 0.29) is 0 Å². The largest absolute Gasteiger partial charge is 0.370 e. The van der Waals surface area contributed by atoms with Crippen molar-refractivity contribution in [1.82, 2.24) is 9.55 Å². The van der Waals surface area contributed by atoms with Gasteiger partial charge in [0, 0.05) is 37.7 Å². The number of nitrogens with zero attached hydrogens (tertiary/aromatic N) is 4. The summed E-state index contributed by atoms with van der Waals surface area (Å²) in [6, 6.07) is 12.5. The molecule has 1 aromatic carbocycles. The first-order valence-corrected chi connectivity index (χ1v) is 6.53. The summed E-state index contributed by atoms with van der Waals surface area (Å²) in [7, 11) is 0. The van der Waals surface area contributed by atoms with Crippen LogP contribution in [0.2, 0.25) is 0 Å². The Bertz CT molecular complexity index is 499. The number of nitriles is 1. The third kappa shape index (κ3) is 4.14. The van der Waals surface area contributed by atoms with Gasteiger partial charge in [-0.15, -0.1) is 0 Å². The molecular weight excluding hydrogens is 236 g/mol. The van der Waals surface area contributed by atoms with Crippen molar-refractivity contribution in [2.24, 2.45) is 0 Å². The molecule has 0 aliphatic rings. The van der Waals surface area contributed by atoms with E-state index in [0.717, 1.165) is 26.1 Å². The second-order valence-electron chi connectivity index (χ2n) is 4.38. The van der Waals surface area contributed by atoms with E-state index in [1.807, 2.05) is 30.7 Å². The molecule has 0 saturated carbocycles. The number of para-hydroxylation sites is 1. The fourth-order valence-electron chi connectivity index (χ4n) is 2.06. The number of rotatable bonds is 7. The van der Waals surface area contributed by atoms with Gasteiger partial charge in [-0.25, -0.2) is 4.98 Å². The zero-order chi connectivity index (χ0) is 13.3. The zero-order valence-corrected chi connectivity index (χ0v) is 10.9. The minimum Gasteiger partial charge on any atom is -0.370 e. The molecule has 1 heterocycles. The van der Waals surface area contributed by atoms with E-state index in [4.69, 9.17) is 5.26 Å². The Hall–Kier alpha value is -2.28. The number of aromatic nitrogens is 2. The molecule has 0 aliphatic carbocycles. The fourth-order valence-corrected chi connectivity index (χ4v) is 2.06. The molecule has 0 saturated heterocycles. The van der Waals surface area contributed by atoms with Gasteiger partial charge in [0.1, 0.15) is 0 Å². The van der Waals surface area contributed by atoms with Crippen LogP contribution in [0.1, 0.15) is 12.8 Å². The van der Waals surface area contributed by atoms with E-state index in [1.165, 1.54) is 5.69 Å². The van der Waals surface area contributed by atoms with Gasteiger partial charge in [0.2, 0.25) is 0 Å². The van der Waals surface area contributed by atoms with Gasteiger partial charge in [0.05, 0.1) is 18.8 Å². The van der Waals surface area contributed by atoms with Crippen molar-refractivity contribution in [2.45, 2.75) is 19.4 Å². The van der Waals surface area contributed by atoms with Crippen molar-refractivity contribution in [3.05, 3.63) is 49.1 Å². The summed E-state index contributed by atoms with van der Waals surface area (Å²) in [5, 5.41) is 8.75. The zero-order valence-electron chi connectivity index (χ0n) is 10.9. The quantitative estimate of drug-likeness (QED) is 0.763. The number of hydrogen-bond acceptors (Lipinski definition) is 3. The van der Waals surface area contributed by atoms with Crippen LogP contribution in [0.25, 0.3) is 0 Å². The van der Waals surface area contributed by atoms with Crippen LogP contribution in [-0.2, 0) is 6.54 Å². The third-order valence-corrected chi connectivity index (χ3v) is 3.02. The average Bonchev–Trinajstić information content (AvgIpc) is 2.97. The fraction of sp³-hybridized carbons (Fsp3) is 0.333. The van der Waals surface area contributed by atoms with Gasteiger partial charge >= 0.3 is 0 Å². The highest BCUT2D eigenvalue weighted by Gasteiger charge is 2.05. The SMILES string of the molecule is N#CCCN(CCCn1ccnc1)c1ccccc1. The van der Waals surface area contributed by atoms with Gasteiger partial charge < -0.3 is 9.47 Å². The van der Waals surface area contributed by atoms with E-state index in [9.17, 15) is 0 Å². The van der Waals surface area contributed by atoms with E-state index >= 15 is 0 Å². The van der Waals surface area contributed by atoms with Crippen molar-refractivity contribution >= 4 is 5.69 Å². The molecular formula is C15H18N4. The Morgan fingerprint density at radius 1 is 1.21 bits per heavy atom. The highest BCUT2D eigenvalue weighted by atomic mass is 15.1. The van der Waals surface area contributed by atoms with Crippen molar-refractivity contribution in [2.75, 3.05) is 18.0 Å². The van der Waals surface area contributed by atoms with Crippen molar-refractivity contribution < 1.29 is 0 Å². The average molecular weight is 254 g/mol. The summed E-state index contributed by atoms with van der Waals surface area (Å²) < 4.78 is 2.08. The number of hydrogen-bond donors (Lipinski definition) is 0. The molecule has 4 nitrogen and oxygen atoms in total. The monoisotopic (exact) mass is 254 g/mol. The lowest BCUT2D eigenvalue weighted by atomic mass is 10.2. The summed E-state index contributed by atoms with van der Waals surface area (Å²) in [5.74, 6) is 0. The Labute approximate surface area is 113 Å². The summed E-state index contributed by atoms with van der Waals surface area (Å²) in [4.78, 5) is 6.30. The van der Waals surface area contributed by atoms with E-state index in [2.05, 4.69) is 32.7 Å². The molecule has 0 N–H and O–H groups in total. The molecule has 0 aliphatic heterocycles. The number of aryl methyl sites for hydroxylation is 1. The Morgan fingerprint density at radius 3 is 2.74 bits per heavy atom. The van der Waals surface area contributed by atoms with Crippen LogP contribution in [-0.4, -0.2) is 22.6 Å². The predicted octanol–water partition coefficient (Wildman–Crippen LogP) is 2.69. The molecule has 0 spiro atoms. The van der Waals surface area contributed by atoms with Crippen LogP contribution in [0, 0.1) is 11.3 Å². The minimum absolute atomic E-state index is 0.556. The van der Waals surface area contributed by atoms with Crippen LogP contribution in [0.4, 0.5) is 5.69 Å². The third-order valence-electron chi connectivity index (χ3n) is 3.02. The summed E-state index contributed by atoms with van der Waals surface area (Å²) in [5.41, 5.74) is 1.18. The van der Waals surface area contributed by atoms with Gasteiger partial charge in [-0.3, -0.25) is 0 Å². The van der Waals surface area contributed by atoms with Gasteiger partial charge in [-0.05, 0) is 18.6 Å². The van der Waals surface area contributed by atoms with Crippen LogP contribution in [0.5, 0.6) is 0 Å². The van der Waals surface area contributed by atoms with Crippen molar-refractivity contribution in [1.29, 1.82) is 5.26 Å². The van der Waals surface area contributed by atoms with Gasteiger partial charge in [0.15, 0.2) is 0 Å². The maximum atomic E-state index is 8.75. The predicted molar refractivity (Wildman–Crippen MR) is 75.7 cm³/mol. The van der Waals surface area contributed by atoms with Crippen molar-refractivity contribution in [3.8, 4) is 6.07 Å². The molecule has 19 heavy (non-hydrogen) atoms. The lowest BCUT2D eigenvalue weighted by molar-refractivity contribution is 0.622. The second kappa shape index (κ2) is 7.22. The highest BCUT2D eigenvalue weighted by Crippen LogP contribution is 2.14. The summed E-state index contributed by atoms with van der Waals surface area (Å²) in [6.45, 7) is 2.68. The maximum Gasteiger partial charge on any atom is 0.0945 e. The van der Waals surface area contributed by atoms with Gasteiger partial charge in [-0.1, -0.05) is 18.2 Å². The number of imidazole rings is 1. The summed E-state index contributed by atoms with van der Waals surface area (Å²) >= 11 is 0. The van der Waals surface area contributed by atoms with Crippen LogP contribution >= 0.6 is 0 Å². The lowest BCUT2D eigenvalue weighted by Gasteiger charge is -2.23. The molecule has 4 heteroatoms. The number of benzene rings is 1. The lowest BCUT2D eigenvalue weighted by Crippen LogP contribution is -2.26.